The average Bonchev–Trinajstić information content (AvgIpc) is 2.84. The van der Waals surface area contributed by atoms with Gasteiger partial charge in [-0.1, -0.05) is 17.7 Å². The molecule has 2 aromatic rings. The summed E-state index contributed by atoms with van der Waals surface area (Å²) >= 11 is 10.6. The highest BCUT2D eigenvalue weighted by atomic mass is 79.9. The summed E-state index contributed by atoms with van der Waals surface area (Å²) in [7, 11) is 1.76. The Morgan fingerprint density at radius 2 is 2.20 bits per heavy atom. The molecule has 0 saturated heterocycles. The van der Waals surface area contributed by atoms with Crippen molar-refractivity contribution in [3.63, 3.8) is 0 Å². The number of ether oxygens (including phenoxy) is 1. The molecule has 0 fully saturated rings. The predicted molar refractivity (Wildman–Crippen MR) is 85.9 cm³/mol. The Bertz CT molecular complexity index is 602. The van der Waals surface area contributed by atoms with E-state index in [2.05, 4.69) is 15.9 Å². The lowest BCUT2D eigenvalue weighted by Gasteiger charge is -2.16. The van der Waals surface area contributed by atoms with Gasteiger partial charge in [0.25, 0.3) is 5.91 Å². The van der Waals surface area contributed by atoms with Crippen molar-refractivity contribution in [1.29, 1.82) is 0 Å². The molecule has 0 aliphatic carbocycles. The van der Waals surface area contributed by atoms with E-state index in [-0.39, 0.29) is 5.91 Å². The third kappa shape index (κ3) is 4.23. The monoisotopic (exact) mass is 373 g/mol. The van der Waals surface area contributed by atoms with Crippen molar-refractivity contribution in [3.05, 3.63) is 50.1 Å². The molecule has 0 radical (unpaired) electrons. The van der Waals surface area contributed by atoms with Gasteiger partial charge in [-0.25, -0.2) is 0 Å². The van der Waals surface area contributed by atoms with Gasteiger partial charge in [-0.15, -0.1) is 11.3 Å². The molecule has 1 heterocycles. The minimum atomic E-state index is -0.00426. The second-order valence-electron chi connectivity index (χ2n) is 4.14. The highest BCUT2D eigenvalue weighted by molar-refractivity contribution is 9.11. The number of carbonyl (C=O) groups excluding carboxylic acids is 1. The first-order valence-electron chi connectivity index (χ1n) is 5.95. The molecule has 0 aliphatic rings. The predicted octanol–water partition coefficient (Wildman–Crippen LogP) is 4.32. The van der Waals surface area contributed by atoms with Crippen LogP contribution in [0.3, 0.4) is 0 Å². The van der Waals surface area contributed by atoms with E-state index in [1.54, 1.807) is 24.1 Å². The van der Waals surface area contributed by atoms with Crippen LogP contribution in [0.4, 0.5) is 0 Å². The second-order valence-corrected chi connectivity index (χ2v) is 7.04. The molecule has 0 unspecified atom stereocenters. The lowest BCUT2D eigenvalue weighted by molar-refractivity contribution is 0.0778. The molecule has 1 amide bonds. The topological polar surface area (TPSA) is 29.5 Å². The highest BCUT2D eigenvalue weighted by Crippen LogP contribution is 2.23. The van der Waals surface area contributed by atoms with Crippen molar-refractivity contribution in [2.45, 2.75) is 0 Å². The molecule has 20 heavy (non-hydrogen) atoms. The van der Waals surface area contributed by atoms with Gasteiger partial charge in [-0.05, 0) is 46.3 Å². The molecule has 0 aliphatic heterocycles. The zero-order chi connectivity index (χ0) is 14.5. The normalized spacial score (nSPS) is 10.3. The van der Waals surface area contributed by atoms with Gasteiger partial charge in [0, 0.05) is 12.1 Å². The number of hydrogen-bond donors (Lipinski definition) is 0. The van der Waals surface area contributed by atoms with Crippen molar-refractivity contribution in [2.24, 2.45) is 0 Å². The fourth-order valence-corrected chi connectivity index (χ4v) is 3.14. The minimum Gasteiger partial charge on any atom is -0.492 e. The van der Waals surface area contributed by atoms with E-state index in [9.17, 15) is 4.79 Å². The van der Waals surface area contributed by atoms with Gasteiger partial charge < -0.3 is 9.64 Å². The Labute approximate surface area is 135 Å². The summed E-state index contributed by atoms with van der Waals surface area (Å²) in [6.07, 6.45) is 0. The van der Waals surface area contributed by atoms with Crippen LogP contribution in [-0.2, 0) is 0 Å². The highest BCUT2D eigenvalue weighted by Gasteiger charge is 2.13. The molecular formula is C14H13BrClNO2S. The first kappa shape index (κ1) is 15.4. The zero-order valence-corrected chi connectivity index (χ0v) is 14.0. The molecule has 1 aromatic carbocycles. The third-order valence-corrected chi connectivity index (χ3v) is 4.47. The van der Waals surface area contributed by atoms with Crippen LogP contribution in [0.5, 0.6) is 5.75 Å². The smallest absolute Gasteiger partial charge is 0.263 e. The quantitative estimate of drug-likeness (QED) is 0.780. The van der Waals surface area contributed by atoms with E-state index < -0.39 is 0 Å². The first-order valence-corrected chi connectivity index (χ1v) is 7.94. The molecule has 106 valence electrons. The van der Waals surface area contributed by atoms with Crippen LogP contribution in [0.1, 0.15) is 9.67 Å². The van der Waals surface area contributed by atoms with Crippen LogP contribution in [0.15, 0.2) is 40.2 Å². The largest absolute Gasteiger partial charge is 0.492 e. The molecular weight excluding hydrogens is 362 g/mol. The Balaban J connectivity index is 1.83. The number of carbonyl (C=O) groups is 1. The van der Waals surface area contributed by atoms with Gasteiger partial charge in [0.15, 0.2) is 0 Å². The Kier molecular flexibility index (Phi) is 5.46. The summed E-state index contributed by atoms with van der Waals surface area (Å²) in [6, 6.07) is 10.9. The van der Waals surface area contributed by atoms with Gasteiger partial charge in [0.2, 0.25) is 0 Å². The SMILES string of the molecule is CN(CCOc1cccc(Cl)c1)C(=O)c1ccc(Br)s1. The second kappa shape index (κ2) is 7.11. The van der Waals surface area contributed by atoms with Crippen molar-refractivity contribution in [2.75, 3.05) is 20.2 Å². The molecule has 0 bridgehead atoms. The molecule has 0 saturated carbocycles. The van der Waals surface area contributed by atoms with Crippen LogP contribution in [0.2, 0.25) is 5.02 Å². The van der Waals surface area contributed by atoms with Crippen LogP contribution in [0, 0.1) is 0 Å². The average molecular weight is 375 g/mol. The summed E-state index contributed by atoms with van der Waals surface area (Å²) in [5.74, 6) is 0.701. The van der Waals surface area contributed by atoms with Crippen molar-refractivity contribution in [3.8, 4) is 5.75 Å². The van der Waals surface area contributed by atoms with E-state index in [1.807, 2.05) is 24.3 Å². The fourth-order valence-electron chi connectivity index (χ4n) is 1.58. The molecule has 3 nitrogen and oxygen atoms in total. The maximum atomic E-state index is 12.1. The molecule has 2 rings (SSSR count). The fraction of sp³-hybridized carbons (Fsp3) is 0.214. The summed E-state index contributed by atoms with van der Waals surface area (Å²) in [6.45, 7) is 0.940. The molecule has 0 N–H and O–H groups in total. The summed E-state index contributed by atoms with van der Waals surface area (Å²) < 4.78 is 6.51. The van der Waals surface area contributed by atoms with Gasteiger partial charge in [-0.2, -0.15) is 0 Å². The number of rotatable bonds is 5. The van der Waals surface area contributed by atoms with Crippen molar-refractivity contribution in [1.82, 2.24) is 4.90 Å². The number of likely N-dealkylation sites (N-methyl/N-ethyl adjacent to an activating group) is 1. The van der Waals surface area contributed by atoms with Crippen LogP contribution in [0.25, 0.3) is 0 Å². The molecule has 6 heteroatoms. The van der Waals surface area contributed by atoms with Gasteiger partial charge in [0.05, 0.1) is 15.2 Å². The maximum absolute atomic E-state index is 12.1. The number of amides is 1. The lowest BCUT2D eigenvalue weighted by Crippen LogP contribution is -2.30. The van der Waals surface area contributed by atoms with E-state index in [1.165, 1.54) is 11.3 Å². The van der Waals surface area contributed by atoms with E-state index in [4.69, 9.17) is 16.3 Å². The standard InChI is InChI=1S/C14H13BrClNO2S/c1-17(14(18)12-5-6-13(15)20-12)7-8-19-11-4-2-3-10(16)9-11/h2-6,9H,7-8H2,1H3. The summed E-state index contributed by atoms with van der Waals surface area (Å²) in [4.78, 5) is 14.4. The first-order chi connectivity index (χ1) is 9.56. The summed E-state index contributed by atoms with van der Waals surface area (Å²) in [5.41, 5.74) is 0. The van der Waals surface area contributed by atoms with E-state index in [0.29, 0.717) is 28.8 Å². The molecule has 0 spiro atoms. The Morgan fingerprint density at radius 3 is 2.85 bits per heavy atom. The van der Waals surface area contributed by atoms with Crippen LogP contribution < -0.4 is 4.74 Å². The van der Waals surface area contributed by atoms with Crippen molar-refractivity contribution < 1.29 is 9.53 Å². The van der Waals surface area contributed by atoms with Gasteiger partial charge in [-0.3, -0.25) is 4.79 Å². The number of halogens is 2. The number of hydrogen-bond acceptors (Lipinski definition) is 3. The number of benzene rings is 1. The number of thiophene rings is 1. The van der Waals surface area contributed by atoms with Gasteiger partial charge >= 0.3 is 0 Å². The van der Waals surface area contributed by atoms with E-state index >= 15 is 0 Å². The zero-order valence-electron chi connectivity index (χ0n) is 10.8. The van der Waals surface area contributed by atoms with Crippen LogP contribution in [-0.4, -0.2) is 31.0 Å². The number of nitrogens with zero attached hydrogens (tertiary/aromatic N) is 1. The lowest BCUT2D eigenvalue weighted by atomic mass is 10.3. The Morgan fingerprint density at radius 1 is 1.40 bits per heavy atom. The maximum Gasteiger partial charge on any atom is 0.263 e. The molecule has 1 aromatic heterocycles. The Hall–Kier alpha value is -1.04. The minimum absolute atomic E-state index is 0.00426. The van der Waals surface area contributed by atoms with Crippen LogP contribution >= 0.6 is 38.9 Å². The van der Waals surface area contributed by atoms with E-state index in [0.717, 1.165) is 3.79 Å². The summed E-state index contributed by atoms with van der Waals surface area (Å²) in [5, 5.41) is 0.635. The molecule has 0 atom stereocenters. The third-order valence-electron chi connectivity index (χ3n) is 2.62. The van der Waals surface area contributed by atoms with Gasteiger partial charge in [0.1, 0.15) is 12.4 Å². The van der Waals surface area contributed by atoms with Crippen molar-refractivity contribution >= 4 is 44.8 Å².